The smallest absolute Gasteiger partial charge is 0.233 e. The van der Waals surface area contributed by atoms with Crippen LogP contribution in [0.3, 0.4) is 0 Å². The first-order valence-corrected chi connectivity index (χ1v) is 12.7. The second-order valence-electron chi connectivity index (χ2n) is 8.99. The van der Waals surface area contributed by atoms with E-state index >= 15 is 0 Å². The van der Waals surface area contributed by atoms with Crippen LogP contribution < -0.4 is 0 Å². The fraction of sp³-hybridized carbons (Fsp3) is 0.0857. The molecule has 0 bridgehead atoms. The lowest BCUT2D eigenvalue weighted by Crippen LogP contribution is -2.22. The molecule has 0 amide bonds. The minimum Gasteiger partial charge on any atom is -0.291 e. The average Bonchev–Trinajstić information content (AvgIpc) is 2.99. The molecule has 0 aliphatic carbocycles. The fourth-order valence-corrected chi connectivity index (χ4v) is 4.13. The zero-order chi connectivity index (χ0) is 26.4. The maximum atomic E-state index is 11.8. The number of rotatable bonds is 9. The van der Waals surface area contributed by atoms with Gasteiger partial charge < -0.3 is 0 Å². The SMILES string of the molecule is O=C(C(=O)c1ccccc1)c1ccccc1.c1ccc(CN(Cc2ccccc2)Cc2ccccc2)cc1. The largest absolute Gasteiger partial charge is 0.291 e. The van der Waals surface area contributed by atoms with Gasteiger partial charge in [0.2, 0.25) is 11.6 Å². The first kappa shape index (κ1) is 26.5. The number of benzene rings is 5. The molecule has 0 spiro atoms. The first-order valence-electron chi connectivity index (χ1n) is 12.7. The van der Waals surface area contributed by atoms with E-state index in [0.29, 0.717) is 11.1 Å². The van der Waals surface area contributed by atoms with Crippen LogP contribution in [0.5, 0.6) is 0 Å². The summed E-state index contributed by atoms with van der Waals surface area (Å²) in [7, 11) is 0. The van der Waals surface area contributed by atoms with Crippen molar-refractivity contribution in [1.82, 2.24) is 4.90 Å². The van der Waals surface area contributed by atoms with E-state index in [9.17, 15) is 9.59 Å². The Balaban J connectivity index is 0.000000186. The van der Waals surface area contributed by atoms with Gasteiger partial charge in [0, 0.05) is 30.8 Å². The molecule has 0 atom stereocenters. The van der Waals surface area contributed by atoms with Crippen molar-refractivity contribution < 1.29 is 9.59 Å². The monoisotopic (exact) mass is 497 g/mol. The van der Waals surface area contributed by atoms with Crippen molar-refractivity contribution in [2.75, 3.05) is 0 Å². The van der Waals surface area contributed by atoms with Crippen molar-refractivity contribution in [3.05, 3.63) is 179 Å². The third kappa shape index (κ3) is 8.22. The van der Waals surface area contributed by atoms with Crippen molar-refractivity contribution >= 4 is 11.6 Å². The average molecular weight is 498 g/mol. The van der Waals surface area contributed by atoms with Crippen molar-refractivity contribution in [3.8, 4) is 0 Å². The van der Waals surface area contributed by atoms with Gasteiger partial charge in [-0.15, -0.1) is 0 Å². The van der Waals surface area contributed by atoms with Crippen LogP contribution in [-0.4, -0.2) is 16.5 Å². The van der Waals surface area contributed by atoms with E-state index in [1.165, 1.54) is 16.7 Å². The van der Waals surface area contributed by atoms with Crippen molar-refractivity contribution in [2.24, 2.45) is 0 Å². The lowest BCUT2D eigenvalue weighted by molar-refractivity contribution is 0.0817. The standard InChI is InChI=1S/C21H21N.C14H10O2/c1-4-10-19(11-5-1)16-22(17-20-12-6-2-7-13-20)18-21-14-8-3-9-15-21;15-13(11-7-3-1-4-8-11)14(16)12-9-5-2-6-10-12/h1-15H,16-18H2;1-10H. The Morgan fingerprint density at radius 3 is 0.868 bits per heavy atom. The number of carbonyl (C=O) groups is 2. The summed E-state index contributed by atoms with van der Waals surface area (Å²) in [6, 6.07) is 49.2. The molecule has 5 rings (SSSR count). The number of hydrogen-bond acceptors (Lipinski definition) is 3. The fourth-order valence-electron chi connectivity index (χ4n) is 4.13. The van der Waals surface area contributed by atoms with Gasteiger partial charge in [-0.05, 0) is 16.7 Å². The Morgan fingerprint density at radius 1 is 0.368 bits per heavy atom. The molecule has 0 unspecified atom stereocenters. The molecule has 0 heterocycles. The van der Waals surface area contributed by atoms with Crippen LogP contribution in [0.2, 0.25) is 0 Å². The van der Waals surface area contributed by atoms with Crippen LogP contribution in [-0.2, 0) is 19.6 Å². The number of ketones is 2. The predicted molar refractivity (Wildman–Crippen MR) is 154 cm³/mol. The summed E-state index contributed by atoms with van der Waals surface area (Å²) in [6.45, 7) is 2.89. The predicted octanol–water partition coefficient (Wildman–Crippen LogP) is 7.64. The molecular weight excluding hydrogens is 466 g/mol. The lowest BCUT2D eigenvalue weighted by Gasteiger charge is -2.23. The Hall–Kier alpha value is -4.60. The molecule has 0 radical (unpaired) electrons. The highest BCUT2D eigenvalue weighted by molar-refractivity contribution is 6.49. The first-order chi connectivity index (χ1) is 18.7. The van der Waals surface area contributed by atoms with Gasteiger partial charge >= 0.3 is 0 Å². The molecule has 3 heteroatoms. The summed E-state index contributed by atoms with van der Waals surface area (Å²) in [4.78, 5) is 26.1. The number of Topliss-reactive ketones (excluding diaryl/α,β-unsaturated/α-hetero) is 2. The molecule has 0 aliphatic heterocycles. The molecule has 0 aromatic heterocycles. The Bertz CT molecular complexity index is 1240. The van der Waals surface area contributed by atoms with Gasteiger partial charge in [-0.1, -0.05) is 152 Å². The Kier molecular flexibility index (Phi) is 9.90. The third-order valence-corrected chi connectivity index (χ3v) is 6.03. The van der Waals surface area contributed by atoms with Gasteiger partial charge in [-0.3, -0.25) is 14.5 Å². The van der Waals surface area contributed by atoms with E-state index in [-0.39, 0.29) is 0 Å². The number of nitrogens with zero attached hydrogens (tertiary/aromatic N) is 1. The van der Waals surface area contributed by atoms with E-state index in [2.05, 4.69) is 95.9 Å². The lowest BCUT2D eigenvalue weighted by atomic mass is 10.0. The van der Waals surface area contributed by atoms with Gasteiger partial charge in [-0.2, -0.15) is 0 Å². The molecule has 188 valence electrons. The highest BCUT2D eigenvalue weighted by atomic mass is 16.2. The summed E-state index contributed by atoms with van der Waals surface area (Å²) in [5, 5.41) is 0. The van der Waals surface area contributed by atoms with E-state index in [1.54, 1.807) is 48.5 Å². The molecular formula is C35H31NO2. The summed E-state index contributed by atoms with van der Waals surface area (Å²) in [5.74, 6) is -0.932. The number of carbonyl (C=O) groups excluding carboxylic acids is 2. The second-order valence-corrected chi connectivity index (χ2v) is 8.99. The topological polar surface area (TPSA) is 37.4 Å². The molecule has 0 N–H and O–H groups in total. The van der Waals surface area contributed by atoms with Crippen molar-refractivity contribution in [1.29, 1.82) is 0 Å². The van der Waals surface area contributed by atoms with E-state index in [1.807, 2.05) is 12.1 Å². The summed E-state index contributed by atoms with van der Waals surface area (Å²) in [6.07, 6.45) is 0. The zero-order valence-electron chi connectivity index (χ0n) is 21.3. The molecule has 38 heavy (non-hydrogen) atoms. The second kappa shape index (κ2) is 14.2. The normalized spacial score (nSPS) is 10.3. The van der Waals surface area contributed by atoms with Crippen LogP contribution in [0.4, 0.5) is 0 Å². The Labute approximate surface area is 225 Å². The summed E-state index contributed by atoms with van der Waals surface area (Å²) >= 11 is 0. The molecule has 0 saturated carbocycles. The van der Waals surface area contributed by atoms with Gasteiger partial charge in [-0.25, -0.2) is 0 Å². The molecule has 5 aromatic carbocycles. The molecule has 0 fully saturated rings. The quantitative estimate of drug-likeness (QED) is 0.155. The molecule has 0 aliphatic rings. The summed E-state index contributed by atoms with van der Waals surface area (Å²) < 4.78 is 0. The van der Waals surface area contributed by atoms with E-state index < -0.39 is 11.6 Å². The zero-order valence-corrected chi connectivity index (χ0v) is 21.3. The molecule has 0 saturated heterocycles. The van der Waals surface area contributed by atoms with Gasteiger partial charge in [0.15, 0.2) is 0 Å². The third-order valence-electron chi connectivity index (χ3n) is 6.03. The van der Waals surface area contributed by atoms with E-state index in [0.717, 1.165) is 19.6 Å². The van der Waals surface area contributed by atoms with Crippen molar-refractivity contribution in [2.45, 2.75) is 19.6 Å². The minimum atomic E-state index is -0.466. The maximum Gasteiger partial charge on any atom is 0.233 e. The van der Waals surface area contributed by atoms with Gasteiger partial charge in [0.05, 0.1) is 0 Å². The molecule has 3 nitrogen and oxygen atoms in total. The van der Waals surface area contributed by atoms with Crippen LogP contribution in [0, 0.1) is 0 Å². The highest BCUT2D eigenvalue weighted by Crippen LogP contribution is 2.14. The summed E-state index contributed by atoms with van der Waals surface area (Å²) in [5.41, 5.74) is 4.92. The van der Waals surface area contributed by atoms with E-state index in [4.69, 9.17) is 0 Å². The van der Waals surface area contributed by atoms with Crippen LogP contribution in [0.25, 0.3) is 0 Å². The maximum absolute atomic E-state index is 11.8. The van der Waals surface area contributed by atoms with Gasteiger partial charge in [0.1, 0.15) is 0 Å². The molecule has 5 aromatic rings. The minimum absolute atomic E-state index is 0.427. The van der Waals surface area contributed by atoms with Gasteiger partial charge in [0.25, 0.3) is 0 Å². The van der Waals surface area contributed by atoms with Crippen molar-refractivity contribution in [3.63, 3.8) is 0 Å². The van der Waals surface area contributed by atoms with Crippen LogP contribution in [0.15, 0.2) is 152 Å². The Morgan fingerprint density at radius 2 is 0.605 bits per heavy atom. The highest BCUT2D eigenvalue weighted by Gasteiger charge is 2.17. The van der Waals surface area contributed by atoms with Crippen LogP contribution in [0.1, 0.15) is 37.4 Å². The van der Waals surface area contributed by atoms with Crippen LogP contribution >= 0.6 is 0 Å². The number of hydrogen-bond donors (Lipinski definition) is 0.